The zero-order valence-corrected chi connectivity index (χ0v) is 47.7. The van der Waals surface area contributed by atoms with Gasteiger partial charge in [-0.1, -0.05) is 289 Å². The minimum Gasteiger partial charge on any atom is -0.756 e. The van der Waals surface area contributed by atoms with Gasteiger partial charge in [0.1, 0.15) is 13.2 Å². The number of quaternary nitrogens is 1. The highest BCUT2D eigenvalue weighted by Gasteiger charge is 2.23. The van der Waals surface area contributed by atoms with Crippen LogP contribution in [0.1, 0.15) is 303 Å². The van der Waals surface area contributed by atoms with Crippen LogP contribution in [0.4, 0.5) is 0 Å². The average molecular weight is 996 g/mol. The zero-order chi connectivity index (χ0) is 50.6. The van der Waals surface area contributed by atoms with E-state index in [1.165, 1.54) is 244 Å². The Labute approximate surface area is 430 Å². The lowest BCUT2D eigenvalue weighted by atomic mass is 10.0. The van der Waals surface area contributed by atoms with Crippen LogP contribution in [0.15, 0.2) is 24.3 Å². The third-order valence-electron chi connectivity index (χ3n) is 13.9. The van der Waals surface area contributed by atoms with Gasteiger partial charge in [-0.15, -0.1) is 0 Å². The number of aliphatic hydroxyl groups is 1. The number of amides is 1. The summed E-state index contributed by atoms with van der Waals surface area (Å²) in [6, 6.07) is -0.899. The molecule has 0 saturated carbocycles. The normalized spacial score (nSPS) is 14.0. The number of likely N-dealkylation sites (N-methyl/N-ethyl adjacent to an activating group) is 1. The zero-order valence-electron chi connectivity index (χ0n) is 46.8. The molecular formula is C60H119N2O6P. The van der Waals surface area contributed by atoms with E-state index in [0.29, 0.717) is 17.4 Å². The number of aliphatic hydroxyl groups excluding tert-OH is 1. The minimum absolute atomic E-state index is 0.00419. The van der Waals surface area contributed by atoms with Crippen molar-refractivity contribution in [2.24, 2.45) is 0 Å². The molecule has 410 valence electrons. The first kappa shape index (κ1) is 68.0. The lowest BCUT2D eigenvalue weighted by Crippen LogP contribution is -2.45. The molecule has 0 aromatic rings. The van der Waals surface area contributed by atoms with E-state index < -0.39 is 20.0 Å². The molecule has 0 aromatic heterocycles. The number of rotatable bonds is 56. The van der Waals surface area contributed by atoms with Gasteiger partial charge in [0.05, 0.1) is 39.9 Å². The predicted octanol–water partition coefficient (Wildman–Crippen LogP) is 17.7. The fourth-order valence-electron chi connectivity index (χ4n) is 9.17. The van der Waals surface area contributed by atoms with Crippen molar-refractivity contribution < 1.29 is 32.9 Å². The summed E-state index contributed by atoms with van der Waals surface area (Å²) in [6.45, 7) is 4.63. The molecule has 0 radical (unpaired) electrons. The first-order valence-electron chi connectivity index (χ1n) is 30.2. The maximum atomic E-state index is 12.9. The maximum absolute atomic E-state index is 12.9. The van der Waals surface area contributed by atoms with E-state index in [1.54, 1.807) is 6.08 Å². The standard InChI is InChI=1S/C60H119N2O6P/c1-6-8-10-12-14-16-18-19-20-21-22-23-24-25-26-27-28-29-30-31-32-33-34-35-36-37-38-39-40-41-42-44-46-48-50-52-54-60(64)61-58(57-68-69(65,66)67-56-55-62(3,4)5)59(63)53-51-49-47-45-43-17-15-13-11-9-7-2/h43,45,51,53,58-59,63H,6-42,44,46-50,52,54-57H2,1-5H3,(H-,61,64,65,66)/b45-43+,53-51+. The number of carbonyl (C=O) groups excluding carboxylic acids is 1. The quantitative estimate of drug-likeness (QED) is 0.0272. The fraction of sp³-hybridized carbons (Fsp3) is 0.917. The van der Waals surface area contributed by atoms with Crippen LogP contribution in [0.25, 0.3) is 0 Å². The first-order valence-corrected chi connectivity index (χ1v) is 31.7. The van der Waals surface area contributed by atoms with Gasteiger partial charge in [0.15, 0.2) is 0 Å². The van der Waals surface area contributed by atoms with E-state index in [9.17, 15) is 19.4 Å². The van der Waals surface area contributed by atoms with Crippen LogP contribution in [0.5, 0.6) is 0 Å². The van der Waals surface area contributed by atoms with Crippen LogP contribution in [-0.4, -0.2) is 68.5 Å². The number of phosphoric ester groups is 1. The molecule has 0 rings (SSSR count). The van der Waals surface area contributed by atoms with Gasteiger partial charge in [0, 0.05) is 6.42 Å². The largest absolute Gasteiger partial charge is 0.756 e. The smallest absolute Gasteiger partial charge is 0.268 e. The molecular weight excluding hydrogens is 876 g/mol. The Morgan fingerprint density at radius 1 is 0.493 bits per heavy atom. The van der Waals surface area contributed by atoms with Gasteiger partial charge in [0.2, 0.25) is 5.91 Å². The molecule has 2 N–H and O–H groups in total. The SMILES string of the molecule is CCCCCCC/C=C/CC/C=C/C(O)C(COP(=O)([O-])OCC[N+](C)(C)C)NC(=O)CCCCCCCCCCCCCCCCCCCCCCCCCCCCCCCCCCCCCC. The molecule has 0 saturated heterocycles. The third-order valence-corrected chi connectivity index (χ3v) is 14.9. The van der Waals surface area contributed by atoms with Gasteiger partial charge in [-0.3, -0.25) is 9.36 Å². The second kappa shape index (κ2) is 51.9. The number of hydrogen-bond donors (Lipinski definition) is 2. The Bertz CT molecular complexity index is 1170. The predicted molar refractivity (Wildman–Crippen MR) is 298 cm³/mol. The van der Waals surface area contributed by atoms with Crippen molar-refractivity contribution in [1.82, 2.24) is 5.32 Å². The molecule has 0 heterocycles. The number of carbonyl (C=O) groups is 1. The molecule has 3 unspecified atom stereocenters. The van der Waals surface area contributed by atoms with Crippen LogP contribution in [0.2, 0.25) is 0 Å². The van der Waals surface area contributed by atoms with Crippen LogP contribution >= 0.6 is 7.82 Å². The highest BCUT2D eigenvalue weighted by atomic mass is 31.2. The fourth-order valence-corrected chi connectivity index (χ4v) is 9.90. The Balaban J connectivity index is 3.86. The van der Waals surface area contributed by atoms with Crippen molar-refractivity contribution in [1.29, 1.82) is 0 Å². The highest BCUT2D eigenvalue weighted by molar-refractivity contribution is 7.45. The van der Waals surface area contributed by atoms with Crippen molar-refractivity contribution >= 4 is 13.7 Å². The van der Waals surface area contributed by atoms with E-state index in [-0.39, 0.29) is 19.1 Å². The van der Waals surface area contributed by atoms with Gasteiger partial charge in [0.25, 0.3) is 7.82 Å². The molecule has 0 aliphatic heterocycles. The summed E-state index contributed by atoms with van der Waals surface area (Å²) in [5.74, 6) is -0.203. The monoisotopic (exact) mass is 995 g/mol. The van der Waals surface area contributed by atoms with Crippen molar-refractivity contribution in [3.05, 3.63) is 24.3 Å². The first-order chi connectivity index (χ1) is 33.5. The number of nitrogens with zero attached hydrogens (tertiary/aromatic N) is 1. The van der Waals surface area contributed by atoms with E-state index in [1.807, 2.05) is 27.2 Å². The van der Waals surface area contributed by atoms with E-state index in [0.717, 1.165) is 38.5 Å². The summed E-state index contributed by atoms with van der Waals surface area (Å²) in [6.07, 6.45) is 65.9. The van der Waals surface area contributed by atoms with Crippen molar-refractivity contribution in [2.45, 2.75) is 315 Å². The molecule has 69 heavy (non-hydrogen) atoms. The van der Waals surface area contributed by atoms with Gasteiger partial charge < -0.3 is 28.8 Å². The van der Waals surface area contributed by atoms with Crippen molar-refractivity contribution in [3.8, 4) is 0 Å². The Hall–Kier alpha value is -1.02. The molecule has 3 atom stereocenters. The number of unbranched alkanes of at least 4 members (excludes halogenated alkanes) is 41. The lowest BCUT2D eigenvalue weighted by molar-refractivity contribution is -0.870. The van der Waals surface area contributed by atoms with Gasteiger partial charge in [-0.05, 0) is 32.1 Å². The maximum Gasteiger partial charge on any atom is 0.268 e. The van der Waals surface area contributed by atoms with Crippen molar-refractivity contribution in [2.75, 3.05) is 40.9 Å². The number of allylic oxidation sites excluding steroid dienone is 3. The molecule has 1 amide bonds. The second-order valence-corrected chi connectivity index (χ2v) is 23.5. The molecule has 8 nitrogen and oxygen atoms in total. The topological polar surface area (TPSA) is 108 Å². The van der Waals surface area contributed by atoms with Gasteiger partial charge in [-0.25, -0.2) is 0 Å². The second-order valence-electron chi connectivity index (χ2n) is 22.1. The van der Waals surface area contributed by atoms with E-state index in [4.69, 9.17) is 9.05 Å². The van der Waals surface area contributed by atoms with Gasteiger partial charge in [-0.2, -0.15) is 0 Å². The summed E-state index contributed by atoms with van der Waals surface area (Å²) >= 11 is 0. The minimum atomic E-state index is -4.59. The highest BCUT2D eigenvalue weighted by Crippen LogP contribution is 2.38. The van der Waals surface area contributed by atoms with Crippen LogP contribution in [-0.2, 0) is 18.4 Å². The molecule has 0 aliphatic rings. The van der Waals surface area contributed by atoms with Crippen LogP contribution in [0, 0.1) is 0 Å². The number of phosphoric acid groups is 1. The molecule has 0 aromatic carbocycles. The number of nitrogens with one attached hydrogen (secondary N) is 1. The summed E-state index contributed by atoms with van der Waals surface area (Å²) in [4.78, 5) is 25.4. The lowest BCUT2D eigenvalue weighted by Gasteiger charge is -2.29. The summed E-state index contributed by atoms with van der Waals surface area (Å²) in [7, 11) is 1.25. The molecule has 0 spiro atoms. The summed E-state index contributed by atoms with van der Waals surface area (Å²) < 4.78 is 23.2. The molecule has 0 aliphatic carbocycles. The summed E-state index contributed by atoms with van der Waals surface area (Å²) in [5, 5.41) is 13.8. The Morgan fingerprint density at radius 2 is 0.812 bits per heavy atom. The molecule has 9 heteroatoms. The van der Waals surface area contributed by atoms with Crippen LogP contribution < -0.4 is 10.2 Å². The number of hydrogen-bond acceptors (Lipinski definition) is 6. The van der Waals surface area contributed by atoms with E-state index >= 15 is 0 Å². The Kier molecular flexibility index (Phi) is 51.1. The van der Waals surface area contributed by atoms with E-state index in [2.05, 4.69) is 31.3 Å². The summed E-state index contributed by atoms with van der Waals surface area (Å²) in [5.41, 5.74) is 0. The molecule has 0 bridgehead atoms. The average Bonchev–Trinajstić information content (AvgIpc) is 3.31. The van der Waals surface area contributed by atoms with Gasteiger partial charge >= 0.3 is 0 Å². The van der Waals surface area contributed by atoms with Crippen molar-refractivity contribution in [3.63, 3.8) is 0 Å². The van der Waals surface area contributed by atoms with Crippen LogP contribution in [0.3, 0.4) is 0 Å². The Morgan fingerprint density at radius 3 is 1.17 bits per heavy atom. The third kappa shape index (κ3) is 54.6. The molecule has 0 fully saturated rings.